The van der Waals surface area contributed by atoms with Gasteiger partial charge in [0.15, 0.2) is 0 Å². The highest BCUT2D eigenvalue weighted by molar-refractivity contribution is 5.85. The van der Waals surface area contributed by atoms with E-state index in [1.54, 1.807) is 0 Å². The number of carbonyl (C=O) groups excluding carboxylic acids is 1. The van der Waals surface area contributed by atoms with Gasteiger partial charge in [0.2, 0.25) is 5.91 Å². The SMILES string of the molecule is Cc1nc2c(c(N3CCC(C(N)=O)(N4CCCCC4)CC3)n1)CN(Cc1ccccc1)CC2. The van der Waals surface area contributed by atoms with Crippen LogP contribution in [0.5, 0.6) is 0 Å². The van der Waals surface area contributed by atoms with Gasteiger partial charge in [-0.3, -0.25) is 14.6 Å². The first-order chi connectivity index (χ1) is 16.0. The van der Waals surface area contributed by atoms with Gasteiger partial charge >= 0.3 is 0 Å². The van der Waals surface area contributed by atoms with E-state index in [0.717, 1.165) is 89.6 Å². The minimum Gasteiger partial charge on any atom is -0.368 e. The molecule has 7 nitrogen and oxygen atoms in total. The Labute approximate surface area is 197 Å². The zero-order chi connectivity index (χ0) is 22.8. The van der Waals surface area contributed by atoms with Gasteiger partial charge in [0.1, 0.15) is 17.2 Å². The summed E-state index contributed by atoms with van der Waals surface area (Å²) in [5, 5.41) is 0. The zero-order valence-electron chi connectivity index (χ0n) is 19.8. The molecule has 0 saturated carbocycles. The number of piperidine rings is 2. The molecule has 2 saturated heterocycles. The second-order valence-electron chi connectivity index (χ2n) is 9.90. The van der Waals surface area contributed by atoms with Crippen molar-refractivity contribution in [3.8, 4) is 0 Å². The molecule has 1 aromatic carbocycles. The van der Waals surface area contributed by atoms with Crippen molar-refractivity contribution in [3.63, 3.8) is 0 Å². The van der Waals surface area contributed by atoms with Gasteiger partial charge in [-0.1, -0.05) is 36.8 Å². The molecule has 3 aliphatic rings. The van der Waals surface area contributed by atoms with Crippen LogP contribution in [0.2, 0.25) is 0 Å². The van der Waals surface area contributed by atoms with Crippen molar-refractivity contribution in [1.29, 1.82) is 0 Å². The van der Waals surface area contributed by atoms with Crippen LogP contribution in [0.3, 0.4) is 0 Å². The molecule has 0 atom stereocenters. The molecule has 33 heavy (non-hydrogen) atoms. The maximum Gasteiger partial charge on any atom is 0.238 e. The van der Waals surface area contributed by atoms with Crippen molar-refractivity contribution >= 4 is 11.7 Å². The van der Waals surface area contributed by atoms with Gasteiger partial charge in [0.25, 0.3) is 0 Å². The minimum absolute atomic E-state index is 0.154. The Morgan fingerprint density at radius 2 is 1.73 bits per heavy atom. The normalized spacial score (nSPS) is 21.5. The lowest BCUT2D eigenvalue weighted by molar-refractivity contribution is -0.132. The first-order valence-electron chi connectivity index (χ1n) is 12.5. The van der Waals surface area contributed by atoms with E-state index in [4.69, 9.17) is 15.7 Å². The number of likely N-dealkylation sites (tertiary alicyclic amines) is 1. The molecule has 4 heterocycles. The predicted molar refractivity (Wildman–Crippen MR) is 130 cm³/mol. The quantitative estimate of drug-likeness (QED) is 0.758. The lowest BCUT2D eigenvalue weighted by atomic mass is 9.83. The zero-order valence-corrected chi connectivity index (χ0v) is 19.8. The van der Waals surface area contributed by atoms with Crippen LogP contribution in [0.25, 0.3) is 0 Å². The van der Waals surface area contributed by atoms with Gasteiger partial charge in [-0.05, 0) is 51.3 Å². The van der Waals surface area contributed by atoms with Crippen molar-refractivity contribution in [2.24, 2.45) is 5.73 Å². The maximum absolute atomic E-state index is 12.7. The molecule has 0 radical (unpaired) electrons. The molecule has 2 aromatic rings. The fourth-order valence-corrected chi connectivity index (χ4v) is 5.94. The smallest absolute Gasteiger partial charge is 0.238 e. The first-order valence-corrected chi connectivity index (χ1v) is 12.5. The summed E-state index contributed by atoms with van der Waals surface area (Å²) in [6, 6.07) is 10.7. The van der Waals surface area contributed by atoms with Crippen molar-refractivity contribution in [2.45, 2.75) is 64.1 Å². The number of aromatic nitrogens is 2. The molecule has 2 N–H and O–H groups in total. The van der Waals surface area contributed by atoms with E-state index in [-0.39, 0.29) is 5.91 Å². The Kier molecular flexibility index (Phi) is 6.34. The molecule has 0 unspecified atom stereocenters. The van der Waals surface area contributed by atoms with Crippen molar-refractivity contribution in [1.82, 2.24) is 19.8 Å². The lowest BCUT2D eigenvalue weighted by Crippen LogP contribution is -2.63. The molecule has 7 heteroatoms. The number of carbonyl (C=O) groups is 1. The Hall–Kier alpha value is -2.51. The molecule has 5 rings (SSSR count). The number of aryl methyl sites for hydroxylation is 1. The molecule has 0 bridgehead atoms. The molecule has 0 spiro atoms. The van der Waals surface area contributed by atoms with Crippen LogP contribution in [0.1, 0.15) is 54.7 Å². The summed E-state index contributed by atoms with van der Waals surface area (Å²) in [4.78, 5) is 29.6. The average Bonchev–Trinajstić information content (AvgIpc) is 2.85. The Morgan fingerprint density at radius 1 is 1.00 bits per heavy atom. The van der Waals surface area contributed by atoms with E-state index in [9.17, 15) is 4.79 Å². The van der Waals surface area contributed by atoms with Crippen LogP contribution >= 0.6 is 0 Å². The number of nitrogens with zero attached hydrogens (tertiary/aromatic N) is 5. The number of nitrogens with two attached hydrogens (primary N) is 1. The minimum atomic E-state index is -0.502. The first kappa shape index (κ1) is 22.3. The van der Waals surface area contributed by atoms with E-state index >= 15 is 0 Å². The summed E-state index contributed by atoms with van der Waals surface area (Å²) in [6.07, 6.45) is 6.07. The summed E-state index contributed by atoms with van der Waals surface area (Å²) < 4.78 is 0. The van der Waals surface area contributed by atoms with E-state index < -0.39 is 5.54 Å². The Morgan fingerprint density at radius 3 is 2.42 bits per heavy atom. The number of amides is 1. The molecular weight excluding hydrogens is 412 g/mol. The number of benzene rings is 1. The van der Waals surface area contributed by atoms with Crippen LogP contribution in [0, 0.1) is 6.92 Å². The van der Waals surface area contributed by atoms with Crippen LogP contribution in [-0.2, 0) is 24.3 Å². The molecular formula is C26H36N6O. The number of primary amides is 1. The lowest BCUT2D eigenvalue weighted by Gasteiger charge is -2.48. The highest BCUT2D eigenvalue weighted by atomic mass is 16.1. The van der Waals surface area contributed by atoms with E-state index in [2.05, 4.69) is 45.0 Å². The second-order valence-corrected chi connectivity index (χ2v) is 9.90. The van der Waals surface area contributed by atoms with E-state index in [1.807, 2.05) is 6.92 Å². The average molecular weight is 449 g/mol. The third kappa shape index (κ3) is 4.49. The highest BCUT2D eigenvalue weighted by Crippen LogP contribution is 2.35. The van der Waals surface area contributed by atoms with Gasteiger partial charge < -0.3 is 10.6 Å². The van der Waals surface area contributed by atoms with Crippen LogP contribution in [0.15, 0.2) is 30.3 Å². The van der Waals surface area contributed by atoms with Gasteiger partial charge in [-0.15, -0.1) is 0 Å². The summed E-state index contributed by atoms with van der Waals surface area (Å²) in [7, 11) is 0. The van der Waals surface area contributed by atoms with Crippen LogP contribution < -0.4 is 10.6 Å². The fourth-order valence-electron chi connectivity index (χ4n) is 5.94. The number of anilines is 1. The van der Waals surface area contributed by atoms with Gasteiger partial charge in [-0.2, -0.15) is 0 Å². The molecule has 3 aliphatic heterocycles. The summed E-state index contributed by atoms with van der Waals surface area (Å²) in [6.45, 7) is 8.39. The monoisotopic (exact) mass is 448 g/mol. The standard InChI is InChI=1S/C26H36N6O/c1-20-28-23-10-15-30(18-21-8-4-2-5-9-21)19-22(23)24(29-20)31-16-11-26(12-17-31,25(27)33)32-13-6-3-7-14-32/h2,4-5,8-9H,3,6-7,10-19H2,1H3,(H2,27,33). The number of hydrogen-bond acceptors (Lipinski definition) is 6. The Bertz CT molecular complexity index is 980. The molecule has 0 aliphatic carbocycles. The van der Waals surface area contributed by atoms with E-state index in [1.165, 1.54) is 23.2 Å². The van der Waals surface area contributed by atoms with Crippen molar-refractivity contribution < 1.29 is 4.79 Å². The van der Waals surface area contributed by atoms with Gasteiger partial charge in [0, 0.05) is 44.7 Å². The van der Waals surface area contributed by atoms with Crippen LogP contribution in [-0.4, -0.2) is 63.9 Å². The van der Waals surface area contributed by atoms with E-state index in [0.29, 0.717) is 0 Å². The summed E-state index contributed by atoms with van der Waals surface area (Å²) in [5.41, 5.74) is 9.29. The number of hydrogen-bond donors (Lipinski definition) is 1. The fraction of sp³-hybridized carbons (Fsp3) is 0.577. The number of fused-ring (bicyclic) bond motifs is 1. The molecule has 176 valence electrons. The van der Waals surface area contributed by atoms with Gasteiger partial charge in [-0.25, -0.2) is 9.97 Å². The van der Waals surface area contributed by atoms with Crippen molar-refractivity contribution in [3.05, 3.63) is 53.0 Å². The number of rotatable bonds is 5. The van der Waals surface area contributed by atoms with Crippen LogP contribution in [0.4, 0.5) is 5.82 Å². The third-order valence-corrected chi connectivity index (χ3v) is 7.79. The topological polar surface area (TPSA) is 78.6 Å². The third-order valence-electron chi connectivity index (χ3n) is 7.79. The second kappa shape index (κ2) is 9.39. The van der Waals surface area contributed by atoms with Crippen molar-refractivity contribution in [2.75, 3.05) is 37.6 Å². The summed E-state index contributed by atoms with van der Waals surface area (Å²) >= 11 is 0. The highest BCUT2D eigenvalue weighted by Gasteiger charge is 2.45. The van der Waals surface area contributed by atoms with Gasteiger partial charge in [0.05, 0.1) is 5.69 Å². The maximum atomic E-state index is 12.7. The largest absolute Gasteiger partial charge is 0.368 e. The Balaban J connectivity index is 1.35. The molecule has 1 amide bonds. The predicted octanol–water partition coefficient (Wildman–Crippen LogP) is 2.65. The summed E-state index contributed by atoms with van der Waals surface area (Å²) in [5.74, 6) is 1.74. The molecule has 1 aromatic heterocycles. The molecule has 2 fully saturated rings.